The summed E-state index contributed by atoms with van der Waals surface area (Å²) in [6.45, 7) is 4.37. The van der Waals surface area contributed by atoms with Crippen LogP contribution in [0.1, 0.15) is 41.2 Å². The molecule has 1 saturated heterocycles. The van der Waals surface area contributed by atoms with Gasteiger partial charge in [0.25, 0.3) is 5.91 Å². The van der Waals surface area contributed by atoms with E-state index >= 15 is 0 Å². The van der Waals surface area contributed by atoms with Crippen molar-refractivity contribution in [3.8, 4) is 0 Å². The van der Waals surface area contributed by atoms with Gasteiger partial charge in [0.05, 0.1) is 11.6 Å². The van der Waals surface area contributed by atoms with Crippen molar-refractivity contribution in [2.75, 3.05) is 40.0 Å². The molecule has 2 rings (SSSR count). The predicted octanol–water partition coefficient (Wildman–Crippen LogP) is 2.41. The number of allylic oxidation sites excluding steroid dienone is 1. The molecule has 0 saturated carbocycles. The third kappa shape index (κ3) is 5.82. The molecule has 1 aliphatic rings. The Morgan fingerprint density at radius 1 is 1.40 bits per heavy atom. The lowest BCUT2D eigenvalue weighted by Crippen LogP contribution is -2.38. The summed E-state index contributed by atoms with van der Waals surface area (Å²) >= 11 is 1.51. The number of thiazole rings is 1. The molecule has 2 heterocycles. The van der Waals surface area contributed by atoms with Crippen LogP contribution in [0.25, 0.3) is 0 Å². The standard InChI is InChI=1S/C17H25N3O4S/c1-3-4-7-18-15(21)14-12-25-16(19-14)13-5-8-20(9-6-13)17(22)24-11-10-23-2/h3-4,12-13H,5-11H2,1-2H3,(H,18,21)/b4-3-. The average molecular weight is 367 g/mol. The Bertz CT molecular complexity index is 594. The molecule has 1 aromatic rings. The molecule has 8 heteroatoms. The monoisotopic (exact) mass is 367 g/mol. The first-order chi connectivity index (χ1) is 12.2. The smallest absolute Gasteiger partial charge is 0.409 e. The van der Waals surface area contributed by atoms with Gasteiger partial charge in [0, 0.05) is 38.0 Å². The van der Waals surface area contributed by atoms with Crippen LogP contribution in [0, 0.1) is 0 Å². The maximum atomic E-state index is 12.0. The molecular weight excluding hydrogens is 342 g/mol. The van der Waals surface area contributed by atoms with Crippen LogP contribution in [0.4, 0.5) is 4.79 Å². The van der Waals surface area contributed by atoms with Gasteiger partial charge >= 0.3 is 6.09 Å². The van der Waals surface area contributed by atoms with Gasteiger partial charge < -0.3 is 19.7 Å². The van der Waals surface area contributed by atoms with E-state index in [1.807, 2.05) is 19.1 Å². The minimum atomic E-state index is -0.293. The summed E-state index contributed by atoms with van der Waals surface area (Å²) in [5, 5.41) is 5.56. The number of nitrogens with zero attached hydrogens (tertiary/aromatic N) is 2. The zero-order valence-electron chi connectivity index (χ0n) is 14.7. The zero-order chi connectivity index (χ0) is 18.1. The second-order valence-corrected chi connectivity index (χ2v) is 6.61. The number of ether oxygens (including phenoxy) is 2. The van der Waals surface area contributed by atoms with Gasteiger partial charge in [0.1, 0.15) is 12.3 Å². The quantitative estimate of drug-likeness (QED) is 0.591. The number of likely N-dealkylation sites (tertiary alicyclic amines) is 1. The summed E-state index contributed by atoms with van der Waals surface area (Å²) in [4.78, 5) is 30.1. The van der Waals surface area contributed by atoms with E-state index in [1.54, 1.807) is 17.4 Å². The molecule has 25 heavy (non-hydrogen) atoms. The van der Waals surface area contributed by atoms with Gasteiger partial charge in [-0.2, -0.15) is 0 Å². The number of rotatable bonds is 7. The number of methoxy groups -OCH3 is 1. The summed E-state index contributed by atoms with van der Waals surface area (Å²) in [5.41, 5.74) is 0.464. The first-order valence-electron chi connectivity index (χ1n) is 8.41. The highest BCUT2D eigenvalue weighted by Crippen LogP contribution is 2.30. The zero-order valence-corrected chi connectivity index (χ0v) is 15.5. The van der Waals surface area contributed by atoms with E-state index < -0.39 is 0 Å². The van der Waals surface area contributed by atoms with Gasteiger partial charge in [-0.1, -0.05) is 12.2 Å². The summed E-state index contributed by atoms with van der Waals surface area (Å²) < 4.78 is 10.0. The van der Waals surface area contributed by atoms with Crippen LogP contribution in [-0.4, -0.2) is 61.8 Å². The topological polar surface area (TPSA) is 80.8 Å². The fourth-order valence-electron chi connectivity index (χ4n) is 2.55. The molecule has 0 aliphatic carbocycles. The van der Waals surface area contributed by atoms with Crippen LogP contribution in [-0.2, 0) is 9.47 Å². The van der Waals surface area contributed by atoms with Gasteiger partial charge in [-0.3, -0.25) is 4.79 Å². The molecule has 0 unspecified atom stereocenters. The molecule has 1 aliphatic heterocycles. The average Bonchev–Trinajstić information content (AvgIpc) is 3.12. The minimum Gasteiger partial charge on any atom is -0.447 e. The maximum Gasteiger partial charge on any atom is 0.409 e. The van der Waals surface area contributed by atoms with E-state index in [2.05, 4.69) is 10.3 Å². The number of nitrogens with one attached hydrogen (secondary N) is 1. The maximum absolute atomic E-state index is 12.0. The van der Waals surface area contributed by atoms with Crippen molar-refractivity contribution < 1.29 is 19.1 Å². The van der Waals surface area contributed by atoms with Crippen LogP contribution in [0.3, 0.4) is 0 Å². The Hall–Kier alpha value is -1.93. The van der Waals surface area contributed by atoms with Gasteiger partial charge in [-0.05, 0) is 19.8 Å². The number of amides is 2. The summed E-state index contributed by atoms with van der Waals surface area (Å²) in [5.74, 6) is 0.130. The molecule has 0 aromatic carbocycles. The van der Waals surface area contributed by atoms with E-state index in [-0.39, 0.29) is 24.5 Å². The fourth-order valence-corrected chi connectivity index (χ4v) is 3.52. The highest BCUT2D eigenvalue weighted by molar-refractivity contribution is 7.09. The third-order valence-corrected chi connectivity index (χ3v) is 4.99. The first kappa shape index (κ1) is 19.4. The molecule has 7 nitrogen and oxygen atoms in total. The predicted molar refractivity (Wildman–Crippen MR) is 96.0 cm³/mol. The summed E-state index contributed by atoms with van der Waals surface area (Å²) in [6, 6.07) is 0. The molecular formula is C17H25N3O4S. The molecule has 0 bridgehead atoms. The van der Waals surface area contributed by atoms with Crippen LogP contribution < -0.4 is 5.32 Å². The lowest BCUT2D eigenvalue weighted by molar-refractivity contribution is 0.0659. The van der Waals surface area contributed by atoms with E-state index in [0.717, 1.165) is 17.8 Å². The van der Waals surface area contributed by atoms with Crippen LogP contribution in [0.5, 0.6) is 0 Å². The Morgan fingerprint density at radius 3 is 2.84 bits per heavy atom. The van der Waals surface area contributed by atoms with Gasteiger partial charge in [-0.25, -0.2) is 9.78 Å². The number of piperidine rings is 1. The second kappa shape index (κ2) is 10.1. The number of hydrogen-bond donors (Lipinski definition) is 1. The van der Waals surface area contributed by atoms with Crippen molar-refractivity contribution in [2.24, 2.45) is 0 Å². The summed E-state index contributed by atoms with van der Waals surface area (Å²) in [7, 11) is 1.57. The molecule has 1 aromatic heterocycles. The third-order valence-electron chi connectivity index (χ3n) is 3.99. The van der Waals surface area contributed by atoms with E-state index in [1.165, 1.54) is 11.3 Å². The lowest BCUT2D eigenvalue weighted by Gasteiger charge is -2.30. The number of hydrogen-bond acceptors (Lipinski definition) is 6. The van der Waals surface area contributed by atoms with Gasteiger partial charge in [-0.15, -0.1) is 11.3 Å². The van der Waals surface area contributed by atoms with Crippen LogP contribution in [0.15, 0.2) is 17.5 Å². The molecule has 0 radical (unpaired) electrons. The minimum absolute atomic E-state index is 0.153. The second-order valence-electron chi connectivity index (χ2n) is 5.72. The SMILES string of the molecule is C/C=C\CNC(=O)c1csc(C2CCN(C(=O)OCCOC)CC2)n1. The summed E-state index contributed by atoms with van der Waals surface area (Å²) in [6.07, 6.45) is 5.13. The van der Waals surface area contributed by atoms with E-state index in [0.29, 0.717) is 31.9 Å². The van der Waals surface area contributed by atoms with Crippen molar-refractivity contribution in [2.45, 2.75) is 25.7 Å². The van der Waals surface area contributed by atoms with Crippen LogP contribution >= 0.6 is 11.3 Å². The van der Waals surface area contributed by atoms with Crippen molar-refractivity contribution >= 4 is 23.3 Å². The van der Waals surface area contributed by atoms with Crippen molar-refractivity contribution in [3.63, 3.8) is 0 Å². The Labute approximate surface area is 152 Å². The highest BCUT2D eigenvalue weighted by atomic mass is 32.1. The Kier molecular flexibility index (Phi) is 7.87. The largest absolute Gasteiger partial charge is 0.447 e. The lowest BCUT2D eigenvalue weighted by atomic mass is 9.98. The molecule has 0 spiro atoms. The first-order valence-corrected chi connectivity index (χ1v) is 9.29. The molecule has 1 fully saturated rings. The van der Waals surface area contributed by atoms with E-state index in [9.17, 15) is 9.59 Å². The molecule has 138 valence electrons. The fraction of sp³-hybridized carbons (Fsp3) is 0.588. The van der Waals surface area contributed by atoms with E-state index in [4.69, 9.17) is 9.47 Å². The Morgan fingerprint density at radius 2 is 2.16 bits per heavy atom. The molecule has 0 atom stereocenters. The Balaban J connectivity index is 1.81. The molecule has 1 N–H and O–H groups in total. The van der Waals surface area contributed by atoms with Crippen molar-refractivity contribution in [3.05, 3.63) is 28.2 Å². The highest BCUT2D eigenvalue weighted by Gasteiger charge is 2.27. The van der Waals surface area contributed by atoms with Crippen molar-refractivity contribution in [1.82, 2.24) is 15.2 Å². The van der Waals surface area contributed by atoms with Gasteiger partial charge in [0.15, 0.2) is 0 Å². The number of aromatic nitrogens is 1. The molecule has 2 amide bonds. The van der Waals surface area contributed by atoms with Gasteiger partial charge in [0.2, 0.25) is 0 Å². The number of carbonyl (C=O) groups is 2. The number of carbonyl (C=O) groups excluding carboxylic acids is 2. The normalized spacial score (nSPS) is 15.5. The van der Waals surface area contributed by atoms with Crippen LogP contribution in [0.2, 0.25) is 0 Å². The van der Waals surface area contributed by atoms with Crippen molar-refractivity contribution in [1.29, 1.82) is 0 Å².